The van der Waals surface area contributed by atoms with E-state index in [9.17, 15) is 4.79 Å². The minimum Gasteiger partial charge on any atom is -0.493 e. The maximum absolute atomic E-state index is 12.3. The second-order valence-electron chi connectivity index (χ2n) is 8.71. The largest absolute Gasteiger partial charge is 0.493 e. The summed E-state index contributed by atoms with van der Waals surface area (Å²) in [4.78, 5) is 18.8. The first kappa shape index (κ1) is 19.8. The molecule has 2 heterocycles. The minimum atomic E-state index is 0.0686. The fraction of sp³-hybridized carbons (Fsp3) is 0.652. The lowest BCUT2D eigenvalue weighted by Crippen LogP contribution is -2.43. The molecule has 2 aliphatic carbocycles. The third-order valence-corrected chi connectivity index (χ3v) is 6.39. The van der Waals surface area contributed by atoms with Crippen LogP contribution >= 0.6 is 0 Å². The summed E-state index contributed by atoms with van der Waals surface area (Å²) in [5, 5.41) is 0. The number of rotatable bonds is 7. The lowest BCUT2D eigenvalue weighted by Gasteiger charge is -2.29. The van der Waals surface area contributed by atoms with Crippen LogP contribution in [0.1, 0.15) is 50.3 Å². The van der Waals surface area contributed by atoms with Crippen LogP contribution in [0.25, 0.3) is 11.1 Å². The SMILES string of the molecule is O=C(COC1CCC(c2nc3ccc(OCC4CC4)cc3o2)CC1)N1CCOCC1. The van der Waals surface area contributed by atoms with Gasteiger partial charge in [-0.2, -0.15) is 0 Å². The van der Waals surface area contributed by atoms with Crippen molar-refractivity contribution in [3.63, 3.8) is 0 Å². The summed E-state index contributed by atoms with van der Waals surface area (Å²) in [7, 11) is 0. The number of carbonyl (C=O) groups is 1. The topological polar surface area (TPSA) is 74.0 Å². The van der Waals surface area contributed by atoms with Crippen molar-refractivity contribution >= 4 is 17.0 Å². The highest BCUT2D eigenvalue weighted by Crippen LogP contribution is 2.36. The van der Waals surface area contributed by atoms with E-state index in [0.717, 1.165) is 60.9 Å². The second-order valence-corrected chi connectivity index (χ2v) is 8.71. The standard InChI is InChI=1S/C23H30N2O5/c26-22(25-9-11-27-12-10-25)15-29-18-5-3-17(4-6-18)23-24-20-8-7-19(13-21(20)30-23)28-14-16-1-2-16/h7-8,13,16-18H,1-6,9-12,14-15H2. The van der Waals surface area contributed by atoms with Crippen molar-refractivity contribution in [2.24, 2.45) is 5.92 Å². The molecule has 162 valence electrons. The van der Waals surface area contributed by atoms with Crippen LogP contribution in [0.5, 0.6) is 5.75 Å². The molecule has 1 aromatic carbocycles. The molecule has 1 amide bonds. The van der Waals surface area contributed by atoms with Crippen LogP contribution in [0.2, 0.25) is 0 Å². The summed E-state index contributed by atoms with van der Waals surface area (Å²) in [6, 6.07) is 5.92. The summed E-state index contributed by atoms with van der Waals surface area (Å²) in [6.07, 6.45) is 6.48. The van der Waals surface area contributed by atoms with E-state index in [-0.39, 0.29) is 18.6 Å². The highest BCUT2D eigenvalue weighted by Gasteiger charge is 2.28. The molecular weight excluding hydrogens is 384 g/mol. The molecule has 0 N–H and O–H groups in total. The third-order valence-electron chi connectivity index (χ3n) is 6.39. The molecule has 2 aromatic rings. The average molecular weight is 415 g/mol. The first-order valence-corrected chi connectivity index (χ1v) is 11.2. The van der Waals surface area contributed by atoms with Crippen LogP contribution in [-0.2, 0) is 14.3 Å². The molecule has 0 unspecified atom stereocenters. The van der Waals surface area contributed by atoms with Crippen LogP contribution in [0.4, 0.5) is 0 Å². The second kappa shape index (κ2) is 8.94. The van der Waals surface area contributed by atoms with Crippen molar-refractivity contribution in [3.05, 3.63) is 24.1 Å². The number of benzene rings is 1. The van der Waals surface area contributed by atoms with Crippen LogP contribution < -0.4 is 4.74 Å². The molecule has 30 heavy (non-hydrogen) atoms. The average Bonchev–Trinajstić information content (AvgIpc) is 3.53. The minimum absolute atomic E-state index is 0.0686. The molecule has 5 rings (SSSR count). The predicted molar refractivity (Wildman–Crippen MR) is 111 cm³/mol. The van der Waals surface area contributed by atoms with Crippen molar-refractivity contribution in [2.75, 3.05) is 39.5 Å². The van der Waals surface area contributed by atoms with Gasteiger partial charge >= 0.3 is 0 Å². The number of fused-ring (bicyclic) bond motifs is 1. The van der Waals surface area contributed by atoms with E-state index in [1.165, 1.54) is 12.8 Å². The number of carbonyl (C=O) groups excluding carboxylic acids is 1. The molecule has 1 aromatic heterocycles. The Labute approximate surface area is 176 Å². The summed E-state index contributed by atoms with van der Waals surface area (Å²) < 4.78 is 23.1. The fourth-order valence-corrected chi connectivity index (χ4v) is 4.26. The zero-order chi connectivity index (χ0) is 20.3. The normalized spacial score (nSPS) is 24.9. The van der Waals surface area contributed by atoms with Crippen molar-refractivity contribution in [3.8, 4) is 5.75 Å². The molecule has 0 atom stereocenters. The molecule has 7 heteroatoms. The van der Waals surface area contributed by atoms with E-state index in [1.807, 2.05) is 23.1 Å². The third kappa shape index (κ3) is 4.78. The zero-order valence-corrected chi connectivity index (χ0v) is 17.4. The molecule has 3 fully saturated rings. The molecule has 2 saturated carbocycles. The van der Waals surface area contributed by atoms with Gasteiger partial charge in [-0.15, -0.1) is 0 Å². The number of morpholine rings is 1. The smallest absolute Gasteiger partial charge is 0.248 e. The van der Waals surface area contributed by atoms with Gasteiger partial charge in [0.2, 0.25) is 5.91 Å². The Morgan fingerprint density at radius 1 is 1.10 bits per heavy atom. The van der Waals surface area contributed by atoms with E-state index in [0.29, 0.717) is 32.2 Å². The molecular formula is C23H30N2O5. The van der Waals surface area contributed by atoms with Gasteiger partial charge in [-0.05, 0) is 56.6 Å². The summed E-state index contributed by atoms with van der Waals surface area (Å²) in [6.45, 7) is 3.54. The van der Waals surface area contributed by atoms with E-state index in [1.54, 1.807) is 0 Å². The number of nitrogens with zero attached hydrogens (tertiary/aromatic N) is 2. The van der Waals surface area contributed by atoms with Gasteiger partial charge in [0.15, 0.2) is 11.5 Å². The van der Waals surface area contributed by atoms with Crippen LogP contribution in [0.3, 0.4) is 0 Å². The lowest BCUT2D eigenvalue weighted by atomic mass is 9.87. The lowest BCUT2D eigenvalue weighted by molar-refractivity contribution is -0.142. The van der Waals surface area contributed by atoms with Gasteiger partial charge in [0, 0.05) is 25.1 Å². The highest BCUT2D eigenvalue weighted by molar-refractivity contribution is 5.77. The monoisotopic (exact) mass is 414 g/mol. The Balaban J connectivity index is 1.11. The number of oxazole rings is 1. The van der Waals surface area contributed by atoms with Gasteiger partial charge < -0.3 is 23.5 Å². The van der Waals surface area contributed by atoms with Crippen LogP contribution in [0, 0.1) is 5.92 Å². The Bertz CT molecular complexity index is 864. The molecule has 0 spiro atoms. The first-order valence-electron chi connectivity index (χ1n) is 11.2. The number of aromatic nitrogens is 1. The van der Waals surface area contributed by atoms with Crippen molar-refractivity contribution in [1.29, 1.82) is 0 Å². The van der Waals surface area contributed by atoms with Crippen LogP contribution in [0.15, 0.2) is 22.6 Å². The van der Waals surface area contributed by atoms with Crippen molar-refractivity contribution < 1.29 is 23.4 Å². The number of hydrogen-bond acceptors (Lipinski definition) is 6. The van der Waals surface area contributed by atoms with Crippen molar-refractivity contribution in [2.45, 2.75) is 50.5 Å². The zero-order valence-electron chi connectivity index (χ0n) is 17.4. The van der Waals surface area contributed by atoms with Gasteiger partial charge in [0.05, 0.1) is 25.9 Å². The van der Waals surface area contributed by atoms with E-state index >= 15 is 0 Å². The molecule has 1 aliphatic heterocycles. The van der Waals surface area contributed by atoms with E-state index in [4.69, 9.17) is 23.6 Å². The Morgan fingerprint density at radius 2 is 1.90 bits per heavy atom. The van der Waals surface area contributed by atoms with Gasteiger partial charge in [-0.25, -0.2) is 4.98 Å². The van der Waals surface area contributed by atoms with Gasteiger partial charge in [-0.3, -0.25) is 4.79 Å². The highest BCUT2D eigenvalue weighted by atomic mass is 16.5. The summed E-state index contributed by atoms with van der Waals surface area (Å²) in [5.41, 5.74) is 1.69. The summed E-state index contributed by atoms with van der Waals surface area (Å²) >= 11 is 0. The van der Waals surface area contributed by atoms with Crippen molar-refractivity contribution in [1.82, 2.24) is 9.88 Å². The van der Waals surface area contributed by atoms with Gasteiger partial charge in [0.1, 0.15) is 17.9 Å². The van der Waals surface area contributed by atoms with Gasteiger partial charge in [-0.1, -0.05) is 0 Å². The fourth-order valence-electron chi connectivity index (χ4n) is 4.26. The van der Waals surface area contributed by atoms with Gasteiger partial charge in [0.25, 0.3) is 0 Å². The molecule has 0 radical (unpaired) electrons. The quantitative estimate of drug-likeness (QED) is 0.690. The Hall–Kier alpha value is -2.12. The van der Waals surface area contributed by atoms with Crippen LogP contribution in [-0.4, -0.2) is 61.4 Å². The number of ether oxygens (including phenoxy) is 3. The molecule has 7 nitrogen and oxygen atoms in total. The molecule has 1 saturated heterocycles. The Kier molecular flexibility index (Phi) is 5.91. The maximum Gasteiger partial charge on any atom is 0.248 e. The number of hydrogen-bond donors (Lipinski definition) is 0. The van der Waals surface area contributed by atoms with E-state index in [2.05, 4.69) is 0 Å². The Morgan fingerprint density at radius 3 is 2.67 bits per heavy atom. The van der Waals surface area contributed by atoms with E-state index < -0.39 is 0 Å². The predicted octanol–water partition coefficient (Wildman–Crippen LogP) is 3.52. The molecule has 3 aliphatic rings. The maximum atomic E-state index is 12.3. The molecule has 0 bridgehead atoms. The summed E-state index contributed by atoms with van der Waals surface area (Å²) in [5.74, 6) is 2.78. The first-order chi connectivity index (χ1) is 14.7. The number of amides is 1.